The molecule has 2 aromatic rings. The predicted octanol–water partition coefficient (Wildman–Crippen LogP) is 1.78. The topological polar surface area (TPSA) is 147 Å². The summed E-state index contributed by atoms with van der Waals surface area (Å²) in [5.74, 6) is -2.07. The molecule has 0 aliphatic heterocycles. The van der Waals surface area contributed by atoms with Crippen LogP contribution < -0.4 is 11.5 Å². The number of nitrogen functional groups attached to an aromatic ring is 1. The SMILES string of the molecule is COC(=O)c1nc(-c2ccc3c(n2)C(=O)C(N)=C(OC)C3=O)c(N)c(Br)c1C. The third-order valence-electron chi connectivity index (χ3n) is 4.28. The van der Waals surface area contributed by atoms with Gasteiger partial charge in [0.15, 0.2) is 11.5 Å². The maximum Gasteiger partial charge on any atom is 0.356 e. The van der Waals surface area contributed by atoms with Gasteiger partial charge in [-0.3, -0.25) is 9.59 Å². The normalized spacial score (nSPS) is 13.4. The van der Waals surface area contributed by atoms with E-state index in [1.54, 1.807) is 6.92 Å². The summed E-state index contributed by atoms with van der Waals surface area (Å²) in [5.41, 5.74) is 12.5. The number of hydrogen-bond acceptors (Lipinski definition) is 9. The summed E-state index contributed by atoms with van der Waals surface area (Å²) >= 11 is 3.33. The smallest absolute Gasteiger partial charge is 0.356 e. The lowest BCUT2D eigenvalue weighted by atomic mass is 9.95. The number of pyridine rings is 2. The minimum Gasteiger partial charge on any atom is -0.491 e. The Morgan fingerprint density at radius 3 is 2.36 bits per heavy atom. The first-order chi connectivity index (χ1) is 13.2. The van der Waals surface area contributed by atoms with Crippen LogP contribution in [0.3, 0.4) is 0 Å². The highest BCUT2D eigenvalue weighted by Gasteiger charge is 2.34. The van der Waals surface area contributed by atoms with Crippen molar-refractivity contribution in [2.24, 2.45) is 5.73 Å². The van der Waals surface area contributed by atoms with Gasteiger partial charge in [-0.25, -0.2) is 14.8 Å². The molecule has 1 aliphatic carbocycles. The molecule has 0 saturated carbocycles. The summed E-state index contributed by atoms with van der Waals surface area (Å²) in [4.78, 5) is 45.5. The monoisotopic (exact) mass is 446 g/mol. The van der Waals surface area contributed by atoms with Gasteiger partial charge in [0, 0.05) is 4.47 Å². The van der Waals surface area contributed by atoms with Crippen LogP contribution in [0, 0.1) is 6.92 Å². The number of allylic oxidation sites excluding steroid dienone is 2. The number of ketones is 2. The summed E-state index contributed by atoms with van der Waals surface area (Å²) in [5, 5.41) is 0. The molecule has 3 rings (SSSR count). The Morgan fingerprint density at radius 1 is 1.07 bits per heavy atom. The van der Waals surface area contributed by atoms with Crippen molar-refractivity contribution in [3.8, 4) is 11.4 Å². The first kappa shape index (κ1) is 19.5. The minimum atomic E-state index is -0.652. The second-order valence-electron chi connectivity index (χ2n) is 5.85. The van der Waals surface area contributed by atoms with Crippen molar-refractivity contribution < 1.29 is 23.9 Å². The molecule has 0 fully saturated rings. The van der Waals surface area contributed by atoms with E-state index >= 15 is 0 Å². The van der Waals surface area contributed by atoms with Gasteiger partial charge in [-0.15, -0.1) is 0 Å². The quantitative estimate of drug-likeness (QED) is 0.672. The molecule has 0 atom stereocenters. The molecule has 0 saturated heterocycles. The van der Waals surface area contributed by atoms with Crippen molar-refractivity contribution >= 4 is 39.2 Å². The zero-order valence-corrected chi connectivity index (χ0v) is 16.7. The highest BCUT2D eigenvalue weighted by Crippen LogP contribution is 2.35. The molecule has 9 nitrogen and oxygen atoms in total. The van der Waals surface area contributed by atoms with Crippen molar-refractivity contribution in [1.29, 1.82) is 0 Å². The lowest BCUT2D eigenvalue weighted by molar-refractivity contribution is 0.0593. The number of anilines is 1. The predicted molar refractivity (Wildman–Crippen MR) is 103 cm³/mol. The van der Waals surface area contributed by atoms with Gasteiger partial charge in [0.05, 0.1) is 31.2 Å². The van der Waals surface area contributed by atoms with Crippen molar-refractivity contribution in [1.82, 2.24) is 9.97 Å². The van der Waals surface area contributed by atoms with Gasteiger partial charge in [0.2, 0.25) is 11.6 Å². The highest BCUT2D eigenvalue weighted by atomic mass is 79.9. The average molecular weight is 447 g/mol. The number of ether oxygens (including phenoxy) is 2. The van der Waals surface area contributed by atoms with E-state index in [2.05, 4.69) is 25.9 Å². The fourth-order valence-corrected chi connectivity index (χ4v) is 3.16. The van der Waals surface area contributed by atoms with Gasteiger partial charge in [-0.2, -0.15) is 0 Å². The first-order valence-corrected chi connectivity index (χ1v) is 8.70. The molecular weight excluding hydrogens is 432 g/mol. The molecule has 0 unspecified atom stereocenters. The number of aromatic nitrogens is 2. The lowest BCUT2D eigenvalue weighted by Gasteiger charge is -2.18. The molecule has 0 aromatic carbocycles. The standard InChI is InChI=1S/C18H15BrN4O5/c1-6-9(19)10(20)14(23-12(6)18(26)28-3)8-5-4-7-13(22-8)16(25)11(21)17(27-2)15(7)24/h4-5H,20-21H2,1-3H3. The largest absolute Gasteiger partial charge is 0.491 e. The molecule has 1 aliphatic rings. The average Bonchev–Trinajstić information content (AvgIpc) is 2.70. The van der Waals surface area contributed by atoms with Gasteiger partial charge >= 0.3 is 5.97 Å². The van der Waals surface area contributed by atoms with Crippen LogP contribution in [-0.4, -0.2) is 41.7 Å². The van der Waals surface area contributed by atoms with Gasteiger partial charge in [-0.05, 0) is 40.5 Å². The first-order valence-electron chi connectivity index (χ1n) is 7.91. The minimum absolute atomic E-state index is 0.0431. The van der Waals surface area contributed by atoms with E-state index in [1.807, 2.05) is 0 Å². The van der Waals surface area contributed by atoms with Crippen LogP contribution in [0.1, 0.15) is 36.9 Å². The molecule has 0 bridgehead atoms. The Labute approximate surface area is 167 Å². The number of fused-ring (bicyclic) bond motifs is 1. The highest BCUT2D eigenvalue weighted by molar-refractivity contribution is 9.10. The summed E-state index contributed by atoms with van der Waals surface area (Å²) < 4.78 is 10.1. The zero-order valence-electron chi connectivity index (χ0n) is 15.1. The van der Waals surface area contributed by atoms with E-state index in [1.165, 1.54) is 26.4 Å². The zero-order chi connectivity index (χ0) is 20.7. The number of rotatable bonds is 3. The molecule has 0 amide bonds. The second-order valence-corrected chi connectivity index (χ2v) is 6.64. The molecule has 0 spiro atoms. The second kappa shape index (κ2) is 7.04. The van der Waals surface area contributed by atoms with Crippen molar-refractivity contribution in [2.45, 2.75) is 6.92 Å². The molecule has 2 aromatic heterocycles. The number of hydrogen-bond donors (Lipinski definition) is 2. The van der Waals surface area contributed by atoms with E-state index < -0.39 is 17.5 Å². The number of nitrogens with zero attached hydrogens (tertiary/aromatic N) is 2. The summed E-state index contributed by atoms with van der Waals surface area (Å²) in [6, 6.07) is 2.89. The molecule has 4 N–H and O–H groups in total. The molecule has 10 heteroatoms. The maximum atomic E-state index is 12.5. The number of esters is 1. The number of nitrogens with two attached hydrogens (primary N) is 2. The van der Waals surface area contributed by atoms with Crippen molar-refractivity contribution in [3.63, 3.8) is 0 Å². The Kier molecular flexibility index (Phi) is 4.90. The fraction of sp³-hybridized carbons (Fsp3) is 0.167. The van der Waals surface area contributed by atoms with Crippen LogP contribution in [-0.2, 0) is 9.47 Å². The van der Waals surface area contributed by atoms with Gasteiger partial charge in [0.1, 0.15) is 17.1 Å². The Morgan fingerprint density at radius 2 is 1.75 bits per heavy atom. The third-order valence-corrected chi connectivity index (χ3v) is 5.30. The van der Waals surface area contributed by atoms with Crippen molar-refractivity contribution in [3.05, 3.63) is 50.6 Å². The van der Waals surface area contributed by atoms with Crippen LogP contribution in [0.25, 0.3) is 11.4 Å². The molecule has 2 heterocycles. The lowest BCUT2D eigenvalue weighted by Crippen LogP contribution is -2.28. The van der Waals surface area contributed by atoms with Gasteiger partial charge in [-0.1, -0.05) is 0 Å². The van der Waals surface area contributed by atoms with Gasteiger partial charge in [0.25, 0.3) is 0 Å². The molecular formula is C18H15BrN4O5. The van der Waals surface area contributed by atoms with Crippen molar-refractivity contribution in [2.75, 3.05) is 20.0 Å². The van der Waals surface area contributed by atoms with Crippen LogP contribution in [0.15, 0.2) is 28.1 Å². The van der Waals surface area contributed by atoms with Gasteiger partial charge < -0.3 is 20.9 Å². The van der Waals surface area contributed by atoms with Crippen LogP contribution in [0.4, 0.5) is 5.69 Å². The Bertz CT molecular complexity index is 1090. The van der Waals surface area contributed by atoms with E-state index in [0.29, 0.717) is 10.0 Å². The van der Waals surface area contributed by atoms with E-state index in [0.717, 1.165) is 0 Å². The maximum absolute atomic E-state index is 12.5. The molecule has 144 valence electrons. The number of methoxy groups -OCH3 is 2. The van der Waals surface area contributed by atoms with Crippen LogP contribution in [0.5, 0.6) is 0 Å². The number of Topliss-reactive ketones (excluding diaryl/α,β-unsaturated/α-hetero) is 2. The number of carbonyl (C=O) groups excluding carboxylic acids is 3. The molecule has 28 heavy (non-hydrogen) atoms. The summed E-state index contributed by atoms with van der Waals surface area (Å²) in [7, 11) is 2.49. The van der Waals surface area contributed by atoms with E-state index in [9.17, 15) is 14.4 Å². The molecule has 0 radical (unpaired) electrons. The Hall–Kier alpha value is -3.27. The third kappa shape index (κ3) is 2.82. The summed E-state index contributed by atoms with van der Waals surface area (Å²) in [6.45, 7) is 1.66. The van der Waals surface area contributed by atoms with Crippen LogP contribution >= 0.6 is 15.9 Å². The fourth-order valence-electron chi connectivity index (χ4n) is 2.78. The van der Waals surface area contributed by atoms with E-state index in [-0.39, 0.29) is 45.5 Å². The number of carbonyl (C=O) groups is 3. The van der Waals surface area contributed by atoms with E-state index in [4.69, 9.17) is 20.9 Å². The summed E-state index contributed by atoms with van der Waals surface area (Å²) in [6.07, 6.45) is 0. The number of halogens is 1. The van der Waals surface area contributed by atoms with Crippen LogP contribution in [0.2, 0.25) is 0 Å². The Balaban J connectivity index is 2.22.